The smallest absolute Gasteiger partial charge is 0.238 e. The molecule has 1 aliphatic rings. The fraction of sp³-hybridized carbons (Fsp3) is 0.192. The van der Waals surface area contributed by atoms with Gasteiger partial charge in [0.15, 0.2) is 5.17 Å². The van der Waals surface area contributed by atoms with Gasteiger partial charge in [-0.1, -0.05) is 75.7 Å². The molecular weight excluding hydrogens is 534 g/mol. The van der Waals surface area contributed by atoms with Crippen molar-refractivity contribution in [1.82, 2.24) is 4.90 Å². The number of halogens is 2. The van der Waals surface area contributed by atoms with Crippen LogP contribution in [0.5, 0.6) is 0 Å². The van der Waals surface area contributed by atoms with E-state index in [0.717, 1.165) is 17.3 Å². The molecule has 1 atom stereocenters. The quantitative estimate of drug-likeness (QED) is 0.352. The van der Waals surface area contributed by atoms with Crippen molar-refractivity contribution in [2.24, 2.45) is 4.99 Å². The van der Waals surface area contributed by atoms with Crippen LogP contribution in [0.1, 0.15) is 18.4 Å². The second-order valence-corrected chi connectivity index (χ2v) is 10.3. The Morgan fingerprint density at radius 3 is 2.59 bits per heavy atom. The van der Waals surface area contributed by atoms with Gasteiger partial charge in [-0.15, -0.1) is 0 Å². The van der Waals surface area contributed by atoms with Crippen LogP contribution in [-0.2, 0) is 16.0 Å². The van der Waals surface area contributed by atoms with Gasteiger partial charge in [-0.3, -0.25) is 14.5 Å². The molecule has 34 heavy (non-hydrogen) atoms. The third-order valence-corrected chi connectivity index (χ3v) is 7.22. The predicted octanol–water partition coefficient (Wildman–Crippen LogP) is 6.70. The zero-order valence-corrected chi connectivity index (χ0v) is 21.4. The highest BCUT2D eigenvalue weighted by atomic mass is 79.9. The molecule has 1 fully saturated rings. The minimum absolute atomic E-state index is 0.108. The first-order valence-electron chi connectivity index (χ1n) is 10.9. The Kier molecular flexibility index (Phi) is 8.43. The number of anilines is 1. The summed E-state index contributed by atoms with van der Waals surface area (Å²) in [7, 11) is 0. The van der Waals surface area contributed by atoms with E-state index in [-0.39, 0.29) is 18.2 Å². The second kappa shape index (κ2) is 11.7. The van der Waals surface area contributed by atoms with Crippen LogP contribution in [0.3, 0.4) is 0 Å². The monoisotopic (exact) mass is 555 g/mol. The molecule has 8 heteroatoms. The van der Waals surface area contributed by atoms with Crippen molar-refractivity contribution >= 4 is 67.6 Å². The fourth-order valence-electron chi connectivity index (χ4n) is 3.56. The van der Waals surface area contributed by atoms with Gasteiger partial charge in [0, 0.05) is 28.1 Å². The van der Waals surface area contributed by atoms with E-state index >= 15 is 0 Å². The number of benzene rings is 3. The Bertz CT molecular complexity index is 1190. The molecule has 3 aromatic rings. The van der Waals surface area contributed by atoms with E-state index in [0.29, 0.717) is 28.1 Å². The molecule has 0 radical (unpaired) electrons. The first-order chi connectivity index (χ1) is 16.5. The second-order valence-electron chi connectivity index (χ2n) is 7.82. The molecule has 1 heterocycles. The van der Waals surface area contributed by atoms with Gasteiger partial charge >= 0.3 is 0 Å². The van der Waals surface area contributed by atoms with Crippen LogP contribution >= 0.6 is 39.3 Å². The summed E-state index contributed by atoms with van der Waals surface area (Å²) < 4.78 is 0.926. The van der Waals surface area contributed by atoms with Gasteiger partial charge in [-0.2, -0.15) is 0 Å². The number of amidine groups is 1. The van der Waals surface area contributed by atoms with Crippen molar-refractivity contribution in [3.05, 3.63) is 93.9 Å². The Balaban J connectivity index is 1.51. The van der Waals surface area contributed by atoms with Gasteiger partial charge < -0.3 is 5.32 Å². The normalized spacial score (nSPS) is 17.1. The molecule has 0 spiro atoms. The molecule has 5 nitrogen and oxygen atoms in total. The van der Waals surface area contributed by atoms with Crippen LogP contribution in [-0.4, -0.2) is 33.7 Å². The van der Waals surface area contributed by atoms with Crippen molar-refractivity contribution in [2.75, 3.05) is 11.9 Å². The molecule has 0 bridgehead atoms. The zero-order valence-electron chi connectivity index (χ0n) is 18.3. The number of nitrogens with one attached hydrogen (secondary N) is 1. The lowest BCUT2D eigenvalue weighted by Crippen LogP contribution is -2.45. The minimum atomic E-state index is -0.570. The number of aryl methyl sites for hydroxylation is 1. The summed E-state index contributed by atoms with van der Waals surface area (Å²) in [6.45, 7) is 0.529. The summed E-state index contributed by atoms with van der Waals surface area (Å²) >= 11 is 10.8. The third kappa shape index (κ3) is 6.72. The van der Waals surface area contributed by atoms with E-state index in [2.05, 4.69) is 33.4 Å². The fourth-order valence-corrected chi connectivity index (χ4v) is 5.13. The maximum absolute atomic E-state index is 13.1. The van der Waals surface area contributed by atoms with Crippen LogP contribution in [0, 0.1) is 0 Å². The highest BCUT2D eigenvalue weighted by Crippen LogP contribution is 2.31. The molecule has 1 saturated heterocycles. The van der Waals surface area contributed by atoms with Gasteiger partial charge in [-0.05, 0) is 60.9 Å². The Labute approximate surface area is 216 Å². The lowest BCUT2D eigenvalue weighted by atomic mass is 10.1. The molecule has 0 aliphatic carbocycles. The van der Waals surface area contributed by atoms with E-state index < -0.39 is 5.25 Å². The number of carbonyl (C=O) groups is 2. The molecular formula is C26H23BrClN3O2S. The number of hydrogen-bond acceptors (Lipinski definition) is 4. The first kappa shape index (κ1) is 24.5. The molecule has 2 amide bonds. The highest BCUT2D eigenvalue weighted by Gasteiger charge is 2.35. The van der Waals surface area contributed by atoms with Gasteiger partial charge in [0.05, 0.1) is 5.69 Å². The summed E-state index contributed by atoms with van der Waals surface area (Å²) in [6, 6.07) is 24.7. The van der Waals surface area contributed by atoms with Crippen molar-refractivity contribution in [3.8, 4) is 0 Å². The van der Waals surface area contributed by atoms with E-state index in [9.17, 15) is 9.59 Å². The number of rotatable bonds is 7. The summed E-state index contributed by atoms with van der Waals surface area (Å²) in [4.78, 5) is 32.5. The Hall–Kier alpha value is -2.61. The average Bonchev–Trinajstić information content (AvgIpc) is 2.83. The minimum Gasteiger partial charge on any atom is -0.325 e. The largest absolute Gasteiger partial charge is 0.325 e. The molecule has 4 rings (SSSR count). The van der Waals surface area contributed by atoms with Gasteiger partial charge in [0.1, 0.15) is 5.25 Å². The summed E-state index contributed by atoms with van der Waals surface area (Å²) in [5.41, 5.74) is 2.55. The predicted molar refractivity (Wildman–Crippen MR) is 144 cm³/mol. The molecule has 174 valence electrons. The van der Waals surface area contributed by atoms with E-state index in [1.807, 2.05) is 54.6 Å². The van der Waals surface area contributed by atoms with Crippen LogP contribution in [0.4, 0.5) is 11.4 Å². The molecule has 3 aromatic carbocycles. The molecule has 1 aliphatic heterocycles. The number of amides is 2. The first-order valence-corrected chi connectivity index (χ1v) is 12.9. The van der Waals surface area contributed by atoms with Gasteiger partial charge in [-0.25, -0.2) is 4.99 Å². The maximum atomic E-state index is 13.1. The van der Waals surface area contributed by atoms with Crippen LogP contribution in [0.2, 0.25) is 5.02 Å². The number of thioether (sulfide) groups is 1. The Morgan fingerprint density at radius 1 is 1.09 bits per heavy atom. The van der Waals surface area contributed by atoms with Crippen LogP contribution in [0.15, 0.2) is 88.3 Å². The van der Waals surface area contributed by atoms with Gasteiger partial charge in [0.2, 0.25) is 11.8 Å². The van der Waals surface area contributed by atoms with Crippen molar-refractivity contribution in [2.45, 2.75) is 24.5 Å². The van der Waals surface area contributed by atoms with E-state index in [4.69, 9.17) is 16.6 Å². The Morgan fingerprint density at radius 2 is 1.85 bits per heavy atom. The van der Waals surface area contributed by atoms with E-state index in [1.165, 1.54) is 17.3 Å². The van der Waals surface area contributed by atoms with Gasteiger partial charge in [0.25, 0.3) is 0 Å². The average molecular weight is 557 g/mol. The molecule has 1 unspecified atom stereocenters. The SMILES string of the molecule is O=C(Nc1ccc(Br)cc1)C1CC(=O)N(CCCc2ccccc2)C(=Nc2cccc(Cl)c2)S1. The summed E-state index contributed by atoms with van der Waals surface area (Å²) in [5, 5.41) is 3.42. The number of hydrogen-bond donors (Lipinski definition) is 1. The van der Waals surface area contributed by atoms with Crippen molar-refractivity contribution in [1.29, 1.82) is 0 Å². The highest BCUT2D eigenvalue weighted by molar-refractivity contribution is 9.10. The summed E-state index contributed by atoms with van der Waals surface area (Å²) in [5.74, 6) is -0.327. The third-order valence-electron chi connectivity index (χ3n) is 5.27. The lowest BCUT2D eigenvalue weighted by Gasteiger charge is -2.32. The number of nitrogens with zero attached hydrogens (tertiary/aromatic N) is 2. The van der Waals surface area contributed by atoms with Crippen LogP contribution in [0.25, 0.3) is 0 Å². The zero-order chi connectivity index (χ0) is 23.9. The summed E-state index contributed by atoms with van der Waals surface area (Å²) in [6.07, 6.45) is 1.76. The molecule has 0 aromatic heterocycles. The molecule has 0 saturated carbocycles. The topological polar surface area (TPSA) is 61.8 Å². The lowest BCUT2D eigenvalue weighted by molar-refractivity contribution is -0.129. The van der Waals surface area contributed by atoms with E-state index in [1.54, 1.807) is 17.0 Å². The molecule has 1 N–H and O–H groups in total. The van der Waals surface area contributed by atoms with Crippen molar-refractivity contribution < 1.29 is 9.59 Å². The number of aliphatic imine (C=N–C) groups is 1. The maximum Gasteiger partial charge on any atom is 0.238 e. The standard InChI is InChI=1S/C26H23BrClN3O2S/c27-19-11-13-21(14-12-19)29-25(33)23-17-24(32)31(15-5-8-18-6-2-1-3-7-18)26(34-23)30-22-10-4-9-20(28)16-22/h1-4,6-7,9-14,16,23H,5,8,15,17H2,(H,29,33). The van der Waals surface area contributed by atoms with Crippen molar-refractivity contribution in [3.63, 3.8) is 0 Å². The van der Waals surface area contributed by atoms with Crippen LogP contribution < -0.4 is 5.32 Å². The number of carbonyl (C=O) groups excluding carboxylic acids is 2.